The number of amides is 1. The number of esters is 1. The maximum Gasteiger partial charge on any atom is 0.305 e. The molecule has 0 bridgehead atoms. The number of ether oxygens (including phenoxy) is 1. The zero-order valence-corrected chi connectivity index (χ0v) is 18.5. The first-order chi connectivity index (χ1) is 14.4. The second-order valence-corrected chi connectivity index (χ2v) is 8.85. The Balaban J connectivity index is 1.91. The van der Waals surface area contributed by atoms with Gasteiger partial charge >= 0.3 is 5.97 Å². The lowest BCUT2D eigenvalue weighted by atomic mass is 9.71. The van der Waals surface area contributed by atoms with Crippen LogP contribution in [0.4, 0.5) is 5.69 Å². The summed E-state index contributed by atoms with van der Waals surface area (Å²) in [4.78, 5) is 27.9. The molecule has 2 atom stereocenters. The first-order valence-corrected chi connectivity index (χ1v) is 10.8. The SMILES string of the molecule is COC(=O)CCC(c1cccc(Cl)c1)[C@@]1(N(C)C2CC2)C(=O)Nc2cc(Cl)ccc21. The summed E-state index contributed by atoms with van der Waals surface area (Å²) in [6.45, 7) is 0. The van der Waals surface area contributed by atoms with Crippen molar-refractivity contribution in [2.24, 2.45) is 0 Å². The van der Waals surface area contributed by atoms with Crippen LogP contribution in [-0.4, -0.2) is 37.0 Å². The molecule has 30 heavy (non-hydrogen) atoms. The molecule has 1 heterocycles. The van der Waals surface area contributed by atoms with Crippen LogP contribution in [0.15, 0.2) is 42.5 Å². The Morgan fingerprint density at radius 1 is 1.23 bits per heavy atom. The summed E-state index contributed by atoms with van der Waals surface area (Å²) in [6, 6.07) is 13.4. The average molecular weight is 447 g/mol. The van der Waals surface area contributed by atoms with Gasteiger partial charge in [0.2, 0.25) is 5.91 Å². The van der Waals surface area contributed by atoms with E-state index in [4.69, 9.17) is 27.9 Å². The molecule has 1 amide bonds. The third-order valence-electron chi connectivity index (χ3n) is 6.26. The highest BCUT2D eigenvalue weighted by Gasteiger charge is 2.58. The molecule has 7 heteroatoms. The van der Waals surface area contributed by atoms with E-state index in [1.807, 2.05) is 43.4 Å². The van der Waals surface area contributed by atoms with Crippen molar-refractivity contribution in [2.45, 2.75) is 43.2 Å². The Bertz CT molecular complexity index is 992. The number of rotatable bonds is 7. The topological polar surface area (TPSA) is 58.6 Å². The maximum atomic E-state index is 13.7. The first-order valence-electron chi connectivity index (χ1n) is 10.0. The van der Waals surface area contributed by atoms with Crippen molar-refractivity contribution in [3.05, 3.63) is 63.6 Å². The summed E-state index contributed by atoms with van der Waals surface area (Å²) in [5, 5.41) is 4.20. The number of likely N-dealkylation sites (N-methyl/N-ethyl adjacent to an activating group) is 1. The van der Waals surface area contributed by atoms with Crippen molar-refractivity contribution < 1.29 is 14.3 Å². The minimum absolute atomic E-state index is 0.107. The largest absolute Gasteiger partial charge is 0.469 e. The highest BCUT2D eigenvalue weighted by atomic mass is 35.5. The summed E-state index contributed by atoms with van der Waals surface area (Å²) in [6.07, 6.45) is 2.71. The molecule has 0 aromatic heterocycles. The minimum Gasteiger partial charge on any atom is -0.469 e. The van der Waals surface area contributed by atoms with Crippen LogP contribution in [0, 0.1) is 0 Å². The third kappa shape index (κ3) is 3.59. The number of methoxy groups -OCH3 is 1. The Morgan fingerprint density at radius 3 is 2.63 bits per heavy atom. The van der Waals surface area contributed by atoms with Gasteiger partial charge in [0.1, 0.15) is 5.54 Å². The zero-order chi connectivity index (χ0) is 21.5. The molecule has 2 aliphatic rings. The number of hydrogen-bond donors (Lipinski definition) is 1. The van der Waals surface area contributed by atoms with E-state index >= 15 is 0 Å². The van der Waals surface area contributed by atoms with Gasteiger partial charge in [-0.25, -0.2) is 0 Å². The van der Waals surface area contributed by atoms with Gasteiger partial charge < -0.3 is 10.1 Å². The fourth-order valence-corrected chi connectivity index (χ4v) is 5.06. The van der Waals surface area contributed by atoms with Crippen LogP contribution in [-0.2, 0) is 19.9 Å². The molecule has 1 unspecified atom stereocenters. The standard InChI is InChI=1S/C23H24Cl2N2O3/c1-27(17-7-8-17)23(19-9-6-16(25)13-20(19)26-22(23)29)18(10-11-21(28)30-2)14-4-3-5-15(24)12-14/h3-6,9,12-13,17-18H,7-8,10-11H2,1-2H3,(H,26,29)/t18?,23-/m0/s1. The molecule has 1 N–H and O–H groups in total. The number of anilines is 1. The lowest BCUT2D eigenvalue weighted by Crippen LogP contribution is -2.54. The average Bonchev–Trinajstić information content (AvgIpc) is 3.52. The van der Waals surface area contributed by atoms with Crippen LogP contribution in [0.3, 0.4) is 0 Å². The van der Waals surface area contributed by atoms with Crippen molar-refractivity contribution in [1.29, 1.82) is 0 Å². The molecule has 2 aromatic carbocycles. The number of carbonyl (C=O) groups excluding carboxylic acids is 2. The molecule has 1 aliphatic carbocycles. The van der Waals surface area contributed by atoms with Crippen molar-refractivity contribution >= 4 is 40.8 Å². The van der Waals surface area contributed by atoms with Crippen LogP contribution >= 0.6 is 23.2 Å². The Hall–Kier alpha value is -2.08. The summed E-state index contributed by atoms with van der Waals surface area (Å²) in [5.74, 6) is -0.715. The monoisotopic (exact) mass is 446 g/mol. The first kappa shape index (κ1) is 21.2. The van der Waals surface area contributed by atoms with E-state index in [9.17, 15) is 9.59 Å². The maximum absolute atomic E-state index is 13.7. The van der Waals surface area contributed by atoms with Gasteiger partial charge in [0.25, 0.3) is 0 Å². The van der Waals surface area contributed by atoms with E-state index in [2.05, 4.69) is 10.2 Å². The molecule has 1 aliphatic heterocycles. The highest BCUT2D eigenvalue weighted by molar-refractivity contribution is 6.31. The van der Waals surface area contributed by atoms with Crippen molar-refractivity contribution in [3.63, 3.8) is 0 Å². The normalized spacial score (nSPS) is 21.3. The minimum atomic E-state index is -0.972. The lowest BCUT2D eigenvalue weighted by Gasteiger charge is -2.44. The van der Waals surface area contributed by atoms with Crippen molar-refractivity contribution in [3.8, 4) is 0 Å². The van der Waals surface area contributed by atoms with E-state index in [1.54, 1.807) is 6.07 Å². The molecule has 0 spiro atoms. The summed E-state index contributed by atoms with van der Waals surface area (Å²) < 4.78 is 4.89. The quantitative estimate of drug-likeness (QED) is 0.609. The summed E-state index contributed by atoms with van der Waals surface area (Å²) in [7, 11) is 3.37. The van der Waals surface area contributed by atoms with E-state index in [1.165, 1.54) is 7.11 Å². The fraction of sp³-hybridized carbons (Fsp3) is 0.391. The van der Waals surface area contributed by atoms with Crippen LogP contribution in [0.2, 0.25) is 10.0 Å². The van der Waals surface area contributed by atoms with Crippen LogP contribution < -0.4 is 5.32 Å². The van der Waals surface area contributed by atoms with E-state index < -0.39 is 5.54 Å². The van der Waals surface area contributed by atoms with Crippen molar-refractivity contribution in [2.75, 3.05) is 19.5 Å². The van der Waals surface area contributed by atoms with Gasteiger partial charge in [-0.3, -0.25) is 14.5 Å². The molecular formula is C23H24Cl2N2O3. The van der Waals surface area contributed by atoms with Gasteiger partial charge in [-0.15, -0.1) is 0 Å². The second-order valence-electron chi connectivity index (χ2n) is 7.97. The Morgan fingerprint density at radius 2 is 1.97 bits per heavy atom. The van der Waals surface area contributed by atoms with Crippen LogP contribution in [0.1, 0.15) is 42.7 Å². The van der Waals surface area contributed by atoms with Crippen molar-refractivity contribution in [1.82, 2.24) is 4.90 Å². The predicted molar refractivity (Wildman–Crippen MR) is 118 cm³/mol. The second kappa shape index (κ2) is 8.22. The van der Waals surface area contributed by atoms with Gasteiger partial charge in [-0.1, -0.05) is 41.4 Å². The summed E-state index contributed by atoms with van der Waals surface area (Å²) in [5.41, 5.74) is 1.53. The smallest absolute Gasteiger partial charge is 0.305 e. The fourth-order valence-electron chi connectivity index (χ4n) is 4.69. The molecule has 158 valence electrons. The molecule has 2 aromatic rings. The van der Waals surface area contributed by atoms with E-state index in [0.29, 0.717) is 28.2 Å². The zero-order valence-electron chi connectivity index (χ0n) is 17.0. The molecule has 1 fully saturated rings. The number of halogens is 2. The molecule has 5 nitrogen and oxygen atoms in total. The van der Waals surface area contributed by atoms with Crippen LogP contribution in [0.25, 0.3) is 0 Å². The number of benzene rings is 2. The number of nitrogens with one attached hydrogen (secondary N) is 1. The number of nitrogens with zero attached hydrogens (tertiary/aromatic N) is 1. The molecule has 0 saturated heterocycles. The van der Waals surface area contributed by atoms with Crippen LogP contribution in [0.5, 0.6) is 0 Å². The number of fused-ring (bicyclic) bond motifs is 1. The molecular weight excluding hydrogens is 423 g/mol. The van der Waals surface area contributed by atoms with E-state index in [0.717, 1.165) is 24.0 Å². The van der Waals surface area contributed by atoms with E-state index in [-0.39, 0.29) is 24.2 Å². The molecule has 1 saturated carbocycles. The number of hydrogen-bond acceptors (Lipinski definition) is 4. The molecule has 4 rings (SSSR count). The highest BCUT2D eigenvalue weighted by Crippen LogP contribution is 2.54. The van der Waals surface area contributed by atoms with Gasteiger partial charge in [0.05, 0.1) is 7.11 Å². The lowest BCUT2D eigenvalue weighted by molar-refractivity contribution is -0.141. The molecule has 0 radical (unpaired) electrons. The predicted octanol–water partition coefficient (Wildman–Crippen LogP) is 4.97. The van der Waals surface area contributed by atoms with Gasteiger partial charge in [-0.2, -0.15) is 0 Å². The van der Waals surface area contributed by atoms with Gasteiger partial charge in [0.15, 0.2) is 0 Å². The van der Waals surface area contributed by atoms with Gasteiger partial charge in [0, 0.05) is 39.7 Å². The summed E-state index contributed by atoms with van der Waals surface area (Å²) >= 11 is 12.5. The third-order valence-corrected chi connectivity index (χ3v) is 6.73. The Kier molecular flexibility index (Phi) is 5.80. The Labute approximate surface area is 186 Å². The van der Waals surface area contributed by atoms with Gasteiger partial charge in [-0.05, 0) is 56.1 Å². The number of carbonyl (C=O) groups is 2.